The van der Waals surface area contributed by atoms with Crippen LogP contribution in [0, 0.1) is 0 Å². The van der Waals surface area contributed by atoms with E-state index in [0.717, 1.165) is 16.7 Å². The zero-order valence-electron chi connectivity index (χ0n) is 36.7. The van der Waals surface area contributed by atoms with Crippen molar-refractivity contribution in [1.82, 2.24) is 19.5 Å². The molecule has 68 heavy (non-hydrogen) atoms. The third-order valence-electron chi connectivity index (χ3n) is 14.8. The van der Waals surface area contributed by atoms with Gasteiger partial charge in [-0.1, -0.05) is 206 Å². The van der Waals surface area contributed by atoms with Gasteiger partial charge in [0.25, 0.3) is 0 Å². The van der Waals surface area contributed by atoms with Gasteiger partial charge in [-0.2, -0.15) is 0 Å². The van der Waals surface area contributed by atoms with Crippen LogP contribution in [-0.4, -0.2) is 19.5 Å². The third-order valence-corrected chi connectivity index (χ3v) is 14.8. The first-order valence-electron chi connectivity index (χ1n) is 23.4. The Morgan fingerprint density at radius 1 is 0.309 bits per heavy atom. The number of hydrogen-bond acceptors (Lipinski definition) is 3. The summed E-state index contributed by atoms with van der Waals surface area (Å²) in [6.45, 7) is 0. The minimum absolute atomic E-state index is 0.641. The predicted molar refractivity (Wildman–Crippen MR) is 279 cm³/mol. The molecule has 0 saturated carbocycles. The molecule has 1 atom stereocenters. The molecule has 0 amide bonds. The lowest BCUT2D eigenvalue weighted by Gasteiger charge is -2.32. The van der Waals surface area contributed by atoms with E-state index in [4.69, 9.17) is 15.0 Å². The van der Waals surface area contributed by atoms with Crippen LogP contribution in [0.2, 0.25) is 0 Å². The molecule has 11 aromatic carbocycles. The van der Waals surface area contributed by atoms with Crippen molar-refractivity contribution in [3.05, 3.63) is 253 Å². The van der Waals surface area contributed by atoms with Crippen LogP contribution >= 0.6 is 0 Å². The summed E-state index contributed by atoms with van der Waals surface area (Å²) in [4.78, 5) is 15.6. The summed E-state index contributed by atoms with van der Waals surface area (Å²) in [6, 6.07) is 84.1. The Balaban J connectivity index is 1.09. The number of fused-ring (bicyclic) bond motifs is 20. The normalized spacial score (nSPS) is 14.5. The lowest BCUT2D eigenvalue weighted by molar-refractivity contribution is 0.802. The summed E-state index contributed by atoms with van der Waals surface area (Å²) in [6.07, 6.45) is 0. The Labute approximate surface area is 392 Å². The highest BCUT2D eigenvalue weighted by Crippen LogP contribution is 2.66. The SMILES string of the molecule is c1ccc(-c2nc(-c3ccccc3)nc(-c3ccc4c(c3)C3(c5ccccc5-4)c4ccccc4-c4c3c3c5ccccc5c(-n5c6ccccc6c6ccccc65)cc3c3ccccc43)n2)cc1. The molecule has 0 N–H and O–H groups in total. The monoisotopic (exact) mass is 862 g/mol. The van der Waals surface area contributed by atoms with Gasteiger partial charge in [0, 0.05) is 32.8 Å². The fourth-order valence-corrected chi connectivity index (χ4v) is 12.1. The van der Waals surface area contributed by atoms with E-state index in [2.05, 4.69) is 199 Å². The van der Waals surface area contributed by atoms with E-state index in [1.54, 1.807) is 0 Å². The molecular weight excluding hydrogens is 825 g/mol. The fourth-order valence-electron chi connectivity index (χ4n) is 12.1. The minimum Gasteiger partial charge on any atom is -0.309 e. The van der Waals surface area contributed by atoms with Crippen LogP contribution in [0.5, 0.6) is 0 Å². The molecule has 314 valence electrons. The van der Waals surface area contributed by atoms with Gasteiger partial charge in [0.05, 0.1) is 22.1 Å². The average Bonchev–Trinajstić information content (AvgIpc) is 4.03. The van der Waals surface area contributed by atoms with Crippen molar-refractivity contribution in [3.8, 4) is 62.1 Å². The molecular formula is C64H38N4. The molecule has 0 radical (unpaired) electrons. The maximum atomic E-state index is 5.26. The van der Waals surface area contributed by atoms with Crippen LogP contribution in [0.4, 0.5) is 0 Å². The summed E-state index contributed by atoms with van der Waals surface area (Å²) >= 11 is 0. The largest absolute Gasteiger partial charge is 0.309 e. The highest BCUT2D eigenvalue weighted by atomic mass is 15.0. The van der Waals surface area contributed by atoms with Crippen LogP contribution in [0.3, 0.4) is 0 Å². The Kier molecular flexibility index (Phi) is 7.67. The van der Waals surface area contributed by atoms with Gasteiger partial charge in [-0.3, -0.25) is 0 Å². The van der Waals surface area contributed by atoms with E-state index in [0.29, 0.717) is 17.5 Å². The molecule has 0 fully saturated rings. The van der Waals surface area contributed by atoms with Gasteiger partial charge in [-0.05, 0) is 95.7 Å². The summed E-state index contributed by atoms with van der Waals surface area (Å²) in [5, 5.41) is 9.96. The molecule has 0 saturated heterocycles. The third kappa shape index (κ3) is 4.95. The number of rotatable bonds is 4. The zero-order chi connectivity index (χ0) is 44.5. The highest BCUT2D eigenvalue weighted by molar-refractivity contribution is 6.27. The van der Waals surface area contributed by atoms with Gasteiger partial charge in [0.2, 0.25) is 0 Å². The Morgan fingerprint density at radius 3 is 1.43 bits per heavy atom. The molecule has 2 aliphatic carbocycles. The fraction of sp³-hybridized carbons (Fsp3) is 0.0156. The van der Waals surface area contributed by atoms with Crippen LogP contribution in [0.1, 0.15) is 22.3 Å². The molecule has 15 rings (SSSR count). The van der Waals surface area contributed by atoms with Crippen molar-refractivity contribution >= 4 is 54.1 Å². The molecule has 1 spiro atoms. The number of nitrogens with zero attached hydrogens (tertiary/aromatic N) is 4. The quantitative estimate of drug-likeness (QED) is 0.166. The lowest BCUT2D eigenvalue weighted by atomic mass is 9.68. The van der Waals surface area contributed by atoms with Crippen LogP contribution < -0.4 is 0 Å². The summed E-state index contributed by atoms with van der Waals surface area (Å²) in [7, 11) is 0. The molecule has 2 aromatic heterocycles. The Bertz CT molecular complexity index is 4150. The van der Waals surface area contributed by atoms with Crippen LogP contribution in [0.15, 0.2) is 231 Å². The predicted octanol–water partition coefficient (Wildman–Crippen LogP) is 15.8. The average molecular weight is 863 g/mol. The number of benzene rings is 11. The van der Waals surface area contributed by atoms with E-state index in [1.165, 1.54) is 104 Å². The van der Waals surface area contributed by atoms with Crippen molar-refractivity contribution in [2.45, 2.75) is 5.41 Å². The smallest absolute Gasteiger partial charge is 0.164 e. The molecule has 1 unspecified atom stereocenters. The Hall–Kier alpha value is -8.99. The van der Waals surface area contributed by atoms with Gasteiger partial charge in [-0.15, -0.1) is 0 Å². The second kappa shape index (κ2) is 14.0. The summed E-state index contributed by atoms with van der Waals surface area (Å²) in [5.74, 6) is 1.93. The minimum atomic E-state index is -0.676. The maximum Gasteiger partial charge on any atom is 0.164 e. The summed E-state index contributed by atoms with van der Waals surface area (Å²) in [5.41, 5.74) is 15.9. The highest BCUT2D eigenvalue weighted by Gasteiger charge is 2.53. The van der Waals surface area contributed by atoms with Crippen molar-refractivity contribution in [1.29, 1.82) is 0 Å². The molecule has 4 nitrogen and oxygen atoms in total. The van der Waals surface area contributed by atoms with Gasteiger partial charge in [-0.25, -0.2) is 15.0 Å². The van der Waals surface area contributed by atoms with Crippen LogP contribution in [0.25, 0.3) is 116 Å². The molecule has 0 aliphatic heterocycles. The zero-order valence-corrected chi connectivity index (χ0v) is 36.7. The first kappa shape index (κ1) is 37.3. The molecule has 13 aromatic rings. The van der Waals surface area contributed by atoms with Crippen molar-refractivity contribution in [3.63, 3.8) is 0 Å². The van der Waals surface area contributed by atoms with Gasteiger partial charge < -0.3 is 4.57 Å². The van der Waals surface area contributed by atoms with Crippen molar-refractivity contribution in [2.24, 2.45) is 0 Å². The molecule has 2 heterocycles. The number of aromatic nitrogens is 4. The van der Waals surface area contributed by atoms with E-state index < -0.39 is 5.41 Å². The van der Waals surface area contributed by atoms with Crippen LogP contribution in [-0.2, 0) is 5.41 Å². The number of para-hydroxylation sites is 2. The second-order valence-electron chi connectivity index (χ2n) is 18.2. The maximum absolute atomic E-state index is 5.26. The van der Waals surface area contributed by atoms with E-state index in [-0.39, 0.29) is 0 Å². The first-order valence-corrected chi connectivity index (χ1v) is 23.4. The molecule has 0 bridgehead atoms. The topological polar surface area (TPSA) is 43.6 Å². The summed E-state index contributed by atoms with van der Waals surface area (Å²) < 4.78 is 2.49. The van der Waals surface area contributed by atoms with Gasteiger partial charge in [0.1, 0.15) is 0 Å². The van der Waals surface area contributed by atoms with Crippen molar-refractivity contribution in [2.75, 3.05) is 0 Å². The lowest BCUT2D eigenvalue weighted by Crippen LogP contribution is -2.26. The molecule has 4 heteroatoms. The van der Waals surface area contributed by atoms with Gasteiger partial charge >= 0.3 is 0 Å². The first-order chi connectivity index (χ1) is 33.8. The van der Waals surface area contributed by atoms with Gasteiger partial charge in [0.15, 0.2) is 17.5 Å². The molecule has 2 aliphatic rings. The second-order valence-corrected chi connectivity index (χ2v) is 18.2. The number of hydrogen-bond donors (Lipinski definition) is 0. The van der Waals surface area contributed by atoms with E-state index in [1.807, 2.05) is 36.4 Å². The standard InChI is InChI=1S/C64H38N4/c1-3-19-39(20-4-1)61-65-62(40-21-5-2-6-22-40)67-63(66-61)41-35-36-44-43-24-11-15-31-52(43)64(54(44)37-41)53-32-16-12-30-50(53)58-48-28-9-7-23-42(48)51-38-57(47-27-8-10-29-49(47)59(51)60(58)64)68-55-33-17-13-25-45(55)46-26-14-18-34-56(46)68/h1-38H. The Morgan fingerprint density at radius 2 is 0.779 bits per heavy atom. The van der Waals surface area contributed by atoms with Crippen molar-refractivity contribution < 1.29 is 0 Å². The van der Waals surface area contributed by atoms with E-state index in [9.17, 15) is 0 Å². The van der Waals surface area contributed by atoms with E-state index >= 15 is 0 Å².